The molecule has 0 aromatic heterocycles. The minimum Gasteiger partial charge on any atom is -0.508 e. The van der Waals surface area contributed by atoms with Gasteiger partial charge in [-0.25, -0.2) is 0 Å². The third-order valence-corrected chi connectivity index (χ3v) is 6.43. The maximum Gasteiger partial charge on any atom is 0.170 e. The van der Waals surface area contributed by atoms with Crippen LogP contribution in [-0.4, -0.2) is 24.4 Å². The molecule has 0 atom stereocenters. The number of phenols is 2. The fourth-order valence-corrected chi connectivity index (χ4v) is 4.44. The molecule has 0 saturated carbocycles. The molecule has 190 valence electrons. The summed E-state index contributed by atoms with van der Waals surface area (Å²) < 4.78 is 17.2. The molecule has 0 aliphatic heterocycles. The van der Waals surface area contributed by atoms with Gasteiger partial charge in [-0.3, -0.25) is 0 Å². The van der Waals surface area contributed by atoms with Crippen molar-refractivity contribution in [3.05, 3.63) is 115 Å². The van der Waals surface area contributed by atoms with E-state index < -0.39 is 0 Å². The Bertz CT molecular complexity index is 1510. The lowest BCUT2D eigenvalue weighted by Crippen LogP contribution is -1.97. The third kappa shape index (κ3) is 5.13. The highest BCUT2D eigenvalue weighted by Gasteiger charge is 2.21. The summed E-state index contributed by atoms with van der Waals surface area (Å²) in [6, 6.07) is 34.6. The van der Waals surface area contributed by atoms with E-state index in [-0.39, 0.29) is 11.5 Å². The molecule has 0 unspecified atom stereocenters. The zero-order valence-electron chi connectivity index (χ0n) is 21.2. The van der Waals surface area contributed by atoms with E-state index in [0.717, 1.165) is 16.9 Å². The number of benzene rings is 5. The Morgan fingerprint density at radius 3 is 1.84 bits per heavy atom. The first-order valence-electron chi connectivity index (χ1n) is 12.2. The Morgan fingerprint density at radius 1 is 0.605 bits per heavy atom. The van der Waals surface area contributed by atoms with Gasteiger partial charge in [0, 0.05) is 5.56 Å². The van der Waals surface area contributed by atoms with Crippen LogP contribution in [0.5, 0.6) is 28.7 Å². The molecule has 0 saturated heterocycles. The van der Waals surface area contributed by atoms with Crippen LogP contribution in [0.1, 0.15) is 5.56 Å². The number of hydrogen-bond acceptors (Lipinski definition) is 5. The number of ether oxygens (including phenoxy) is 3. The third-order valence-electron chi connectivity index (χ3n) is 6.43. The van der Waals surface area contributed by atoms with Crippen LogP contribution in [0.3, 0.4) is 0 Å². The molecule has 0 fully saturated rings. The van der Waals surface area contributed by atoms with Crippen LogP contribution < -0.4 is 14.2 Å². The molecular weight excluding hydrogens is 476 g/mol. The first-order chi connectivity index (χ1) is 18.6. The summed E-state index contributed by atoms with van der Waals surface area (Å²) in [6.45, 7) is 0.452. The molecule has 5 rings (SSSR count). The average molecular weight is 505 g/mol. The van der Waals surface area contributed by atoms with E-state index in [1.54, 1.807) is 31.4 Å². The highest BCUT2D eigenvalue weighted by Crippen LogP contribution is 2.49. The van der Waals surface area contributed by atoms with Crippen LogP contribution in [-0.2, 0) is 6.61 Å². The van der Waals surface area contributed by atoms with Crippen LogP contribution in [0.15, 0.2) is 109 Å². The molecule has 5 aromatic carbocycles. The molecule has 0 heterocycles. The Labute approximate surface area is 222 Å². The van der Waals surface area contributed by atoms with Gasteiger partial charge in [-0.05, 0) is 58.1 Å². The van der Waals surface area contributed by atoms with Gasteiger partial charge in [0.15, 0.2) is 11.5 Å². The van der Waals surface area contributed by atoms with E-state index >= 15 is 0 Å². The Balaban J connectivity index is 1.35. The first-order valence-corrected chi connectivity index (χ1v) is 12.2. The van der Waals surface area contributed by atoms with Crippen molar-refractivity contribution in [2.75, 3.05) is 14.2 Å². The van der Waals surface area contributed by atoms with Gasteiger partial charge < -0.3 is 24.4 Å². The van der Waals surface area contributed by atoms with Crippen molar-refractivity contribution in [1.29, 1.82) is 0 Å². The molecule has 2 N–H and O–H groups in total. The zero-order chi connectivity index (χ0) is 26.5. The van der Waals surface area contributed by atoms with Gasteiger partial charge in [0.2, 0.25) is 0 Å². The van der Waals surface area contributed by atoms with Crippen molar-refractivity contribution in [3.8, 4) is 62.1 Å². The second kappa shape index (κ2) is 11.0. The summed E-state index contributed by atoms with van der Waals surface area (Å²) in [4.78, 5) is 0. The summed E-state index contributed by atoms with van der Waals surface area (Å²) >= 11 is 0. The predicted octanol–water partition coefficient (Wildman–Crippen LogP) is 7.70. The van der Waals surface area contributed by atoms with Crippen molar-refractivity contribution in [1.82, 2.24) is 0 Å². The van der Waals surface area contributed by atoms with Crippen LogP contribution in [0.25, 0.3) is 33.4 Å². The largest absolute Gasteiger partial charge is 0.508 e. The molecule has 5 aromatic rings. The van der Waals surface area contributed by atoms with Gasteiger partial charge in [0.05, 0.1) is 19.8 Å². The van der Waals surface area contributed by atoms with Crippen LogP contribution in [0, 0.1) is 0 Å². The molecule has 5 heteroatoms. The van der Waals surface area contributed by atoms with Crippen molar-refractivity contribution in [2.24, 2.45) is 0 Å². The summed E-state index contributed by atoms with van der Waals surface area (Å²) in [6.07, 6.45) is 0. The molecule has 0 aliphatic rings. The van der Waals surface area contributed by atoms with Gasteiger partial charge in [0.25, 0.3) is 0 Å². The Kier molecular flexibility index (Phi) is 7.18. The minimum absolute atomic E-state index is 0.0354. The molecular formula is C33H28O5. The quantitative estimate of drug-likeness (QED) is 0.227. The van der Waals surface area contributed by atoms with Crippen molar-refractivity contribution >= 4 is 0 Å². The fourth-order valence-electron chi connectivity index (χ4n) is 4.44. The van der Waals surface area contributed by atoms with Crippen LogP contribution >= 0.6 is 0 Å². The van der Waals surface area contributed by atoms with E-state index in [0.29, 0.717) is 34.8 Å². The SMILES string of the molecule is COc1cc(-c2ccc(OCc3ccc(-c4ccccc4)cc3)cc2)c(OC)c(O)c1-c1ccc(O)cc1. The van der Waals surface area contributed by atoms with Gasteiger partial charge in [-0.15, -0.1) is 0 Å². The lowest BCUT2D eigenvalue weighted by Gasteiger charge is -2.18. The van der Waals surface area contributed by atoms with Crippen LogP contribution in [0.2, 0.25) is 0 Å². The zero-order valence-corrected chi connectivity index (χ0v) is 21.2. The van der Waals surface area contributed by atoms with Crippen LogP contribution in [0.4, 0.5) is 0 Å². The normalized spacial score (nSPS) is 10.7. The summed E-state index contributed by atoms with van der Waals surface area (Å²) in [5.74, 6) is 1.66. The minimum atomic E-state index is -0.0354. The average Bonchev–Trinajstić information content (AvgIpc) is 2.97. The monoisotopic (exact) mass is 504 g/mol. The maximum absolute atomic E-state index is 11.1. The van der Waals surface area contributed by atoms with Gasteiger partial charge >= 0.3 is 0 Å². The number of hydrogen-bond donors (Lipinski definition) is 2. The second-order valence-corrected chi connectivity index (χ2v) is 8.81. The Morgan fingerprint density at radius 2 is 1.21 bits per heavy atom. The lowest BCUT2D eigenvalue weighted by atomic mass is 9.96. The Hall–Kier alpha value is -4.90. The molecule has 0 amide bonds. The summed E-state index contributed by atoms with van der Waals surface area (Å²) in [5, 5.41) is 20.8. The van der Waals surface area contributed by atoms with E-state index in [9.17, 15) is 10.2 Å². The van der Waals surface area contributed by atoms with Gasteiger partial charge in [-0.1, -0.05) is 78.9 Å². The molecule has 38 heavy (non-hydrogen) atoms. The highest BCUT2D eigenvalue weighted by molar-refractivity contribution is 5.87. The lowest BCUT2D eigenvalue weighted by molar-refractivity contribution is 0.306. The number of rotatable bonds is 8. The van der Waals surface area contributed by atoms with Gasteiger partial charge in [0.1, 0.15) is 23.9 Å². The van der Waals surface area contributed by atoms with E-state index in [4.69, 9.17) is 14.2 Å². The predicted molar refractivity (Wildman–Crippen MR) is 150 cm³/mol. The van der Waals surface area contributed by atoms with E-state index in [1.165, 1.54) is 18.2 Å². The first kappa shape index (κ1) is 24.8. The van der Waals surface area contributed by atoms with Crippen molar-refractivity contribution in [2.45, 2.75) is 6.61 Å². The number of phenolic OH excluding ortho intramolecular Hbond substituents is 2. The highest BCUT2D eigenvalue weighted by atomic mass is 16.5. The second-order valence-electron chi connectivity index (χ2n) is 8.81. The standard InChI is InChI=1S/C33H28O5/c1-36-30-20-29(33(37-2)32(35)31(30)26-12-16-27(34)17-13-26)25-14-18-28(19-15-25)38-21-22-8-10-24(11-9-22)23-6-4-3-5-7-23/h3-20,34-35H,21H2,1-2H3. The number of aromatic hydroxyl groups is 2. The van der Waals surface area contributed by atoms with E-state index in [2.05, 4.69) is 36.4 Å². The molecule has 5 nitrogen and oxygen atoms in total. The van der Waals surface area contributed by atoms with Crippen molar-refractivity contribution in [3.63, 3.8) is 0 Å². The molecule has 0 aliphatic carbocycles. The molecule has 0 spiro atoms. The maximum atomic E-state index is 11.1. The fraction of sp³-hybridized carbons (Fsp3) is 0.0909. The number of methoxy groups -OCH3 is 2. The van der Waals surface area contributed by atoms with Gasteiger partial charge in [-0.2, -0.15) is 0 Å². The van der Waals surface area contributed by atoms with E-state index in [1.807, 2.05) is 48.5 Å². The molecule has 0 bridgehead atoms. The smallest absolute Gasteiger partial charge is 0.170 e. The topological polar surface area (TPSA) is 68.2 Å². The molecule has 0 radical (unpaired) electrons. The summed E-state index contributed by atoms with van der Waals surface area (Å²) in [5.41, 5.74) is 6.15. The van der Waals surface area contributed by atoms with Crippen molar-refractivity contribution < 1.29 is 24.4 Å². The summed E-state index contributed by atoms with van der Waals surface area (Å²) in [7, 11) is 3.07.